The van der Waals surface area contributed by atoms with Crippen molar-refractivity contribution in [3.8, 4) is 0 Å². The maximum Gasteiger partial charge on any atom is 0.272 e. The number of amides is 1. The number of aliphatic hydroxyl groups excluding tert-OH is 2. The van der Waals surface area contributed by atoms with Crippen LogP contribution in [0.25, 0.3) is 0 Å². The van der Waals surface area contributed by atoms with Gasteiger partial charge in [-0.1, -0.05) is 0 Å². The topological polar surface area (TPSA) is 148 Å². The molecule has 0 bridgehead atoms. The van der Waals surface area contributed by atoms with Gasteiger partial charge in [-0.3, -0.25) is 19.6 Å². The van der Waals surface area contributed by atoms with E-state index in [-0.39, 0.29) is 11.4 Å². The number of hydrogen-bond donors (Lipinski definition) is 3. The quantitative estimate of drug-likeness (QED) is 0.367. The molecule has 1 aromatic carbocycles. The van der Waals surface area contributed by atoms with E-state index in [9.17, 15) is 25.1 Å². The lowest BCUT2D eigenvalue weighted by Crippen LogP contribution is -2.42. The van der Waals surface area contributed by atoms with Gasteiger partial charge in [-0.25, -0.2) is 4.68 Å². The molecule has 0 spiro atoms. The van der Waals surface area contributed by atoms with Crippen LogP contribution in [-0.2, 0) is 6.67 Å². The first kappa shape index (κ1) is 21.1. The molecular formula is C19H22N6O5. The van der Waals surface area contributed by atoms with E-state index in [0.29, 0.717) is 12.2 Å². The Kier molecular flexibility index (Phi) is 6.23. The number of non-ortho nitro benzene ring substituents is 1. The second-order valence-corrected chi connectivity index (χ2v) is 6.86. The third kappa shape index (κ3) is 4.70. The van der Waals surface area contributed by atoms with Crippen molar-refractivity contribution < 1.29 is 19.9 Å². The first-order valence-corrected chi connectivity index (χ1v) is 9.17. The normalized spacial score (nSPS) is 13.1. The number of aromatic nitrogens is 4. The predicted molar refractivity (Wildman–Crippen MR) is 106 cm³/mol. The highest BCUT2D eigenvalue weighted by atomic mass is 16.6. The van der Waals surface area contributed by atoms with E-state index >= 15 is 0 Å². The number of aliphatic hydroxyl groups is 2. The van der Waals surface area contributed by atoms with Crippen molar-refractivity contribution in [3.05, 3.63) is 75.4 Å². The van der Waals surface area contributed by atoms with E-state index in [1.54, 1.807) is 15.6 Å². The summed E-state index contributed by atoms with van der Waals surface area (Å²) in [7, 11) is 0. The largest absolute Gasteiger partial charge is 0.394 e. The molecule has 3 rings (SSSR count). The van der Waals surface area contributed by atoms with Gasteiger partial charge in [0.2, 0.25) is 0 Å². The zero-order chi connectivity index (χ0) is 21.8. The van der Waals surface area contributed by atoms with Gasteiger partial charge in [0.25, 0.3) is 11.6 Å². The molecule has 3 N–H and O–H groups in total. The summed E-state index contributed by atoms with van der Waals surface area (Å²) in [5.41, 5.74) is 2.16. The molecule has 3 aromatic rings. The van der Waals surface area contributed by atoms with E-state index in [1.807, 2.05) is 19.9 Å². The van der Waals surface area contributed by atoms with Gasteiger partial charge in [0.1, 0.15) is 18.5 Å². The molecule has 11 heteroatoms. The Labute approximate surface area is 171 Å². The standard InChI is InChI=1S/C19H22N6O5/c1-12-9-13(2)24(21-12)11-23-8-7-16(22-23)19(28)20-17(10-26)18(27)14-3-5-15(6-4-14)25(29)30/h3-9,17-18,26-27H,10-11H2,1-2H3,(H,20,28). The second-order valence-electron chi connectivity index (χ2n) is 6.86. The summed E-state index contributed by atoms with van der Waals surface area (Å²) in [6.07, 6.45) is 0.378. The highest BCUT2D eigenvalue weighted by molar-refractivity contribution is 5.92. The van der Waals surface area contributed by atoms with Gasteiger partial charge < -0.3 is 15.5 Å². The summed E-state index contributed by atoms with van der Waals surface area (Å²) in [5, 5.41) is 41.9. The predicted octanol–water partition coefficient (Wildman–Crippen LogP) is 0.935. The van der Waals surface area contributed by atoms with Crippen LogP contribution in [0.2, 0.25) is 0 Å². The maximum absolute atomic E-state index is 12.5. The minimum atomic E-state index is -1.25. The van der Waals surface area contributed by atoms with Crippen molar-refractivity contribution >= 4 is 11.6 Å². The number of aryl methyl sites for hydroxylation is 2. The highest BCUT2D eigenvalue weighted by Gasteiger charge is 2.24. The van der Waals surface area contributed by atoms with Crippen molar-refractivity contribution in [1.82, 2.24) is 24.9 Å². The Morgan fingerprint density at radius 1 is 1.23 bits per heavy atom. The van der Waals surface area contributed by atoms with E-state index in [0.717, 1.165) is 11.4 Å². The third-order valence-corrected chi connectivity index (χ3v) is 4.60. The van der Waals surface area contributed by atoms with Gasteiger partial charge in [0.05, 0.1) is 23.3 Å². The molecule has 0 aliphatic carbocycles. The number of rotatable bonds is 8. The van der Waals surface area contributed by atoms with Crippen molar-refractivity contribution in [2.24, 2.45) is 0 Å². The van der Waals surface area contributed by atoms with Crippen LogP contribution in [0.3, 0.4) is 0 Å². The Hall–Kier alpha value is -3.57. The molecule has 1 amide bonds. The van der Waals surface area contributed by atoms with Crippen LogP contribution in [-0.4, -0.2) is 53.3 Å². The van der Waals surface area contributed by atoms with Crippen LogP contribution in [0.1, 0.15) is 33.5 Å². The number of benzene rings is 1. The van der Waals surface area contributed by atoms with Gasteiger partial charge in [-0.05, 0) is 43.7 Å². The molecule has 0 aliphatic rings. The van der Waals surface area contributed by atoms with E-state index in [1.165, 1.54) is 30.3 Å². The first-order valence-electron chi connectivity index (χ1n) is 9.17. The zero-order valence-corrected chi connectivity index (χ0v) is 16.5. The number of carbonyl (C=O) groups is 1. The van der Waals surface area contributed by atoms with Crippen LogP contribution in [0.15, 0.2) is 42.6 Å². The van der Waals surface area contributed by atoms with Crippen LogP contribution in [0.4, 0.5) is 5.69 Å². The summed E-state index contributed by atoms with van der Waals surface area (Å²) < 4.78 is 3.30. The third-order valence-electron chi connectivity index (χ3n) is 4.60. The van der Waals surface area contributed by atoms with E-state index in [2.05, 4.69) is 15.5 Å². The molecule has 2 heterocycles. The number of nitro benzene ring substituents is 1. The van der Waals surface area contributed by atoms with E-state index in [4.69, 9.17) is 0 Å². The molecule has 0 fully saturated rings. The van der Waals surface area contributed by atoms with Crippen molar-refractivity contribution in [1.29, 1.82) is 0 Å². The molecule has 0 radical (unpaired) electrons. The average molecular weight is 414 g/mol. The zero-order valence-electron chi connectivity index (χ0n) is 16.5. The van der Waals surface area contributed by atoms with Crippen molar-refractivity contribution in [2.45, 2.75) is 32.7 Å². The molecule has 11 nitrogen and oxygen atoms in total. The lowest BCUT2D eigenvalue weighted by Gasteiger charge is -2.22. The summed E-state index contributed by atoms with van der Waals surface area (Å²) in [5.74, 6) is -0.567. The van der Waals surface area contributed by atoms with Gasteiger partial charge >= 0.3 is 0 Å². The fourth-order valence-electron chi connectivity index (χ4n) is 3.01. The smallest absolute Gasteiger partial charge is 0.272 e. The maximum atomic E-state index is 12.5. The Morgan fingerprint density at radius 3 is 2.50 bits per heavy atom. The first-order chi connectivity index (χ1) is 14.3. The van der Waals surface area contributed by atoms with Crippen LogP contribution in [0, 0.1) is 24.0 Å². The number of carbonyl (C=O) groups excluding carboxylic acids is 1. The van der Waals surface area contributed by atoms with Crippen molar-refractivity contribution in [2.75, 3.05) is 6.61 Å². The lowest BCUT2D eigenvalue weighted by atomic mass is 10.0. The Bertz CT molecular complexity index is 1040. The molecule has 2 aromatic heterocycles. The molecule has 0 saturated heterocycles. The lowest BCUT2D eigenvalue weighted by molar-refractivity contribution is -0.384. The monoisotopic (exact) mass is 414 g/mol. The molecular weight excluding hydrogens is 392 g/mol. The molecule has 158 valence electrons. The van der Waals surface area contributed by atoms with Crippen LogP contribution >= 0.6 is 0 Å². The summed E-state index contributed by atoms with van der Waals surface area (Å²) in [4.78, 5) is 22.7. The molecule has 2 atom stereocenters. The molecule has 0 aliphatic heterocycles. The fourth-order valence-corrected chi connectivity index (χ4v) is 3.01. The van der Waals surface area contributed by atoms with Gasteiger partial charge in [0, 0.05) is 24.0 Å². The highest BCUT2D eigenvalue weighted by Crippen LogP contribution is 2.20. The molecule has 0 saturated carbocycles. The minimum Gasteiger partial charge on any atom is -0.394 e. The van der Waals surface area contributed by atoms with Crippen molar-refractivity contribution in [3.63, 3.8) is 0 Å². The summed E-state index contributed by atoms with van der Waals surface area (Å²) in [6, 6.07) is 7.68. The SMILES string of the molecule is Cc1cc(C)n(Cn2ccc(C(=O)NC(CO)C(O)c3ccc([N+](=O)[O-])cc3)n2)n1. The number of hydrogen-bond acceptors (Lipinski definition) is 7. The molecule has 2 unspecified atom stereocenters. The minimum absolute atomic E-state index is 0.117. The molecule has 30 heavy (non-hydrogen) atoms. The Morgan fingerprint density at radius 2 is 1.93 bits per heavy atom. The van der Waals surface area contributed by atoms with Gasteiger partial charge in [-0.15, -0.1) is 0 Å². The van der Waals surface area contributed by atoms with E-state index < -0.39 is 29.6 Å². The number of nitrogens with zero attached hydrogens (tertiary/aromatic N) is 5. The van der Waals surface area contributed by atoms with Gasteiger partial charge in [0.15, 0.2) is 0 Å². The Balaban J connectivity index is 1.66. The second kappa shape index (κ2) is 8.84. The average Bonchev–Trinajstić information content (AvgIpc) is 3.31. The van der Waals surface area contributed by atoms with Crippen LogP contribution < -0.4 is 5.32 Å². The fraction of sp³-hybridized carbons (Fsp3) is 0.316. The number of nitrogens with one attached hydrogen (secondary N) is 1. The number of nitro groups is 1. The van der Waals surface area contributed by atoms with Crippen LogP contribution in [0.5, 0.6) is 0 Å². The van der Waals surface area contributed by atoms with Gasteiger partial charge in [-0.2, -0.15) is 10.2 Å². The summed E-state index contributed by atoms with van der Waals surface area (Å²) in [6.45, 7) is 3.61. The summed E-state index contributed by atoms with van der Waals surface area (Å²) >= 11 is 0.